The fraction of sp³-hybridized carbons (Fsp3) is 0.588. The van der Waals surface area contributed by atoms with Crippen molar-refractivity contribution in [3.05, 3.63) is 35.9 Å². The number of aliphatic hydroxyl groups excluding tert-OH is 1. The van der Waals surface area contributed by atoms with Gasteiger partial charge in [-0.25, -0.2) is 4.79 Å². The van der Waals surface area contributed by atoms with Crippen LogP contribution in [0.4, 0.5) is 4.79 Å². The first-order chi connectivity index (χ1) is 10.2. The van der Waals surface area contributed by atoms with Crippen molar-refractivity contribution in [1.82, 2.24) is 5.32 Å². The summed E-state index contributed by atoms with van der Waals surface area (Å²) in [5, 5.41) is 11.9. The summed E-state index contributed by atoms with van der Waals surface area (Å²) in [7, 11) is 0. The molecule has 0 aromatic heterocycles. The van der Waals surface area contributed by atoms with Crippen LogP contribution in [0.15, 0.2) is 30.3 Å². The fourth-order valence-electron chi connectivity index (χ4n) is 3.13. The average molecular weight is 291 g/mol. The minimum atomic E-state index is -0.353. The fourth-order valence-corrected chi connectivity index (χ4v) is 3.13. The highest BCUT2D eigenvalue weighted by molar-refractivity contribution is 5.67. The Bertz CT molecular complexity index is 427. The molecule has 2 N–H and O–H groups in total. The van der Waals surface area contributed by atoms with E-state index < -0.39 is 0 Å². The largest absolute Gasteiger partial charge is 0.445 e. The predicted molar refractivity (Wildman–Crippen MR) is 81.9 cm³/mol. The molecule has 1 aliphatic rings. The molecule has 116 valence electrons. The van der Waals surface area contributed by atoms with Crippen LogP contribution in [-0.4, -0.2) is 24.4 Å². The highest BCUT2D eigenvalue weighted by Crippen LogP contribution is 2.41. The molecular formula is C17H25NO3. The summed E-state index contributed by atoms with van der Waals surface area (Å²) < 4.78 is 5.24. The van der Waals surface area contributed by atoms with Gasteiger partial charge >= 0.3 is 6.09 Å². The van der Waals surface area contributed by atoms with Gasteiger partial charge in [-0.15, -0.1) is 0 Å². The van der Waals surface area contributed by atoms with Crippen LogP contribution in [0, 0.1) is 5.41 Å². The predicted octanol–water partition coefficient (Wildman–Crippen LogP) is 3.25. The molecule has 0 heterocycles. The van der Waals surface area contributed by atoms with Gasteiger partial charge in [-0.1, -0.05) is 43.2 Å². The summed E-state index contributed by atoms with van der Waals surface area (Å²) in [4.78, 5) is 11.8. The van der Waals surface area contributed by atoms with Gasteiger partial charge in [0, 0.05) is 13.2 Å². The van der Waals surface area contributed by atoms with E-state index in [0.717, 1.165) is 31.2 Å². The summed E-state index contributed by atoms with van der Waals surface area (Å²) >= 11 is 0. The molecule has 1 aromatic carbocycles. The molecule has 0 atom stereocenters. The Hall–Kier alpha value is -1.55. The molecule has 4 nitrogen and oxygen atoms in total. The Labute approximate surface area is 126 Å². The number of aliphatic hydroxyl groups is 1. The quantitative estimate of drug-likeness (QED) is 0.810. The average Bonchev–Trinajstić information content (AvgIpc) is 2.99. The number of benzene rings is 1. The third kappa shape index (κ3) is 5.05. The summed E-state index contributed by atoms with van der Waals surface area (Å²) in [5.74, 6) is 0. The van der Waals surface area contributed by atoms with Crippen molar-refractivity contribution in [1.29, 1.82) is 0 Å². The first kappa shape index (κ1) is 15.8. The van der Waals surface area contributed by atoms with E-state index in [0.29, 0.717) is 13.2 Å². The van der Waals surface area contributed by atoms with Gasteiger partial charge in [0.2, 0.25) is 0 Å². The van der Waals surface area contributed by atoms with Gasteiger partial charge in [-0.3, -0.25) is 0 Å². The number of hydrogen-bond donors (Lipinski definition) is 2. The zero-order valence-electron chi connectivity index (χ0n) is 12.5. The molecular weight excluding hydrogens is 266 g/mol. The van der Waals surface area contributed by atoms with Gasteiger partial charge < -0.3 is 15.2 Å². The molecule has 2 rings (SSSR count). The van der Waals surface area contributed by atoms with Crippen molar-refractivity contribution in [3.8, 4) is 0 Å². The SMILES string of the molecule is O=C(NCC1(CCCO)CCCC1)OCc1ccccc1. The Morgan fingerprint density at radius 3 is 2.62 bits per heavy atom. The number of hydrogen-bond acceptors (Lipinski definition) is 3. The highest BCUT2D eigenvalue weighted by atomic mass is 16.5. The molecule has 0 spiro atoms. The molecule has 0 radical (unpaired) electrons. The van der Waals surface area contributed by atoms with Gasteiger partial charge in [0.15, 0.2) is 0 Å². The normalized spacial score (nSPS) is 16.6. The topological polar surface area (TPSA) is 58.6 Å². The molecule has 0 saturated heterocycles. The Balaban J connectivity index is 1.74. The number of carbonyl (C=O) groups is 1. The summed E-state index contributed by atoms with van der Waals surface area (Å²) in [6, 6.07) is 9.67. The Morgan fingerprint density at radius 1 is 1.24 bits per heavy atom. The second-order valence-electron chi connectivity index (χ2n) is 5.95. The molecule has 1 saturated carbocycles. The monoisotopic (exact) mass is 291 g/mol. The maximum Gasteiger partial charge on any atom is 0.407 e. The van der Waals surface area contributed by atoms with Gasteiger partial charge in [0.05, 0.1) is 0 Å². The molecule has 1 aliphatic carbocycles. The zero-order chi connectivity index (χ0) is 15.0. The maximum absolute atomic E-state index is 11.8. The van der Waals surface area contributed by atoms with E-state index in [9.17, 15) is 4.79 Å². The van der Waals surface area contributed by atoms with Crippen molar-refractivity contribution in [2.24, 2.45) is 5.41 Å². The van der Waals surface area contributed by atoms with E-state index in [1.165, 1.54) is 12.8 Å². The standard InChI is InChI=1S/C17H25NO3/c19-12-6-11-17(9-4-5-10-17)14-18-16(20)21-13-15-7-2-1-3-8-15/h1-3,7-8,19H,4-6,9-14H2,(H,18,20). The lowest BCUT2D eigenvalue weighted by Gasteiger charge is -2.28. The minimum Gasteiger partial charge on any atom is -0.445 e. The van der Waals surface area contributed by atoms with Crippen LogP contribution < -0.4 is 5.32 Å². The summed E-state index contributed by atoms with van der Waals surface area (Å²) in [6.45, 7) is 1.18. The number of amides is 1. The molecule has 21 heavy (non-hydrogen) atoms. The third-order valence-electron chi connectivity index (χ3n) is 4.35. The van der Waals surface area contributed by atoms with Crippen LogP contribution >= 0.6 is 0 Å². The van der Waals surface area contributed by atoms with Crippen molar-refractivity contribution >= 4 is 6.09 Å². The van der Waals surface area contributed by atoms with Crippen molar-refractivity contribution in [3.63, 3.8) is 0 Å². The lowest BCUT2D eigenvalue weighted by Crippen LogP contribution is -2.36. The maximum atomic E-state index is 11.8. The second-order valence-corrected chi connectivity index (χ2v) is 5.95. The lowest BCUT2D eigenvalue weighted by atomic mass is 9.81. The van der Waals surface area contributed by atoms with Crippen LogP contribution in [0.5, 0.6) is 0 Å². The van der Waals surface area contributed by atoms with Crippen molar-refractivity contribution in [2.45, 2.75) is 45.1 Å². The number of alkyl carbamates (subject to hydrolysis) is 1. The van der Waals surface area contributed by atoms with Crippen LogP contribution in [0.2, 0.25) is 0 Å². The molecule has 1 amide bonds. The van der Waals surface area contributed by atoms with E-state index in [-0.39, 0.29) is 18.1 Å². The molecule has 0 aliphatic heterocycles. The minimum absolute atomic E-state index is 0.161. The molecule has 4 heteroatoms. The first-order valence-corrected chi connectivity index (χ1v) is 7.80. The molecule has 0 bridgehead atoms. The van der Waals surface area contributed by atoms with Crippen LogP contribution in [0.3, 0.4) is 0 Å². The molecule has 0 unspecified atom stereocenters. The van der Waals surface area contributed by atoms with Gasteiger partial charge in [0.1, 0.15) is 6.61 Å². The number of nitrogens with one attached hydrogen (secondary N) is 1. The van der Waals surface area contributed by atoms with Crippen molar-refractivity contribution < 1.29 is 14.6 Å². The first-order valence-electron chi connectivity index (χ1n) is 7.80. The van der Waals surface area contributed by atoms with Gasteiger partial charge in [0.25, 0.3) is 0 Å². The van der Waals surface area contributed by atoms with E-state index in [4.69, 9.17) is 9.84 Å². The Kier molecular flexibility index (Phi) is 6.05. The summed E-state index contributed by atoms with van der Waals surface area (Å²) in [6.07, 6.45) is 6.12. The zero-order valence-corrected chi connectivity index (χ0v) is 12.5. The van der Waals surface area contributed by atoms with E-state index >= 15 is 0 Å². The van der Waals surface area contributed by atoms with E-state index in [1.807, 2.05) is 30.3 Å². The van der Waals surface area contributed by atoms with E-state index in [1.54, 1.807) is 0 Å². The third-order valence-corrected chi connectivity index (χ3v) is 4.35. The summed E-state index contributed by atoms with van der Waals surface area (Å²) in [5.41, 5.74) is 1.15. The molecule has 1 aromatic rings. The van der Waals surface area contributed by atoms with Crippen LogP contribution in [0.25, 0.3) is 0 Å². The number of carbonyl (C=O) groups excluding carboxylic acids is 1. The van der Waals surface area contributed by atoms with Crippen molar-refractivity contribution in [2.75, 3.05) is 13.2 Å². The molecule has 1 fully saturated rings. The number of ether oxygens (including phenoxy) is 1. The lowest BCUT2D eigenvalue weighted by molar-refractivity contribution is 0.130. The van der Waals surface area contributed by atoms with Gasteiger partial charge in [-0.2, -0.15) is 0 Å². The smallest absolute Gasteiger partial charge is 0.407 e. The van der Waals surface area contributed by atoms with Crippen LogP contribution in [0.1, 0.15) is 44.1 Å². The second kappa shape index (κ2) is 8.03. The number of rotatable bonds is 7. The van der Waals surface area contributed by atoms with Gasteiger partial charge in [-0.05, 0) is 36.7 Å². The van der Waals surface area contributed by atoms with E-state index in [2.05, 4.69) is 5.32 Å². The highest BCUT2D eigenvalue weighted by Gasteiger charge is 2.33. The Morgan fingerprint density at radius 2 is 1.95 bits per heavy atom. The van der Waals surface area contributed by atoms with Crippen LogP contribution in [-0.2, 0) is 11.3 Å².